The van der Waals surface area contributed by atoms with Crippen LogP contribution < -0.4 is 5.32 Å². The van der Waals surface area contributed by atoms with Gasteiger partial charge < -0.3 is 10.1 Å². The summed E-state index contributed by atoms with van der Waals surface area (Å²) in [5.41, 5.74) is 0. The molecule has 1 atom stereocenters. The van der Waals surface area contributed by atoms with Crippen molar-refractivity contribution in [2.45, 2.75) is 0 Å². The highest BCUT2D eigenvalue weighted by Gasteiger charge is 2.08. The second-order valence-corrected chi connectivity index (χ2v) is 4.52. The van der Waals surface area contributed by atoms with Crippen LogP contribution in [0.2, 0.25) is 0 Å². The molecule has 0 saturated heterocycles. The number of aromatic nitrogens is 2. The van der Waals surface area contributed by atoms with Gasteiger partial charge in [0, 0.05) is 35.5 Å². The van der Waals surface area contributed by atoms with Gasteiger partial charge in [0.15, 0.2) is 0 Å². The van der Waals surface area contributed by atoms with E-state index in [9.17, 15) is 9.00 Å². The van der Waals surface area contributed by atoms with Gasteiger partial charge in [-0.1, -0.05) is 0 Å². The van der Waals surface area contributed by atoms with Crippen molar-refractivity contribution < 1.29 is 13.7 Å². The fourth-order valence-electron chi connectivity index (χ4n) is 0.970. The molecule has 1 unspecified atom stereocenters. The number of anilines is 1. The van der Waals surface area contributed by atoms with Crippen LogP contribution in [0.25, 0.3) is 0 Å². The van der Waals surface area contributed by atoms with Crippen LogP contribution >= 0.6 is 0 Å². The van der Waals surface area contributed by atoms with Crippen molar-refractivity contribution in [2.75, 3.05) is 31.0 Å². The van der Waals surface area contributed by atoms with Crippen molar-refractivity contribution in [1.29, 1.82) is 0 Å². The molecule has 1 rings (SSSR count). The minimum absolute atomic E-state index is 0.00474. The van der Waals surface area contributed by atoms with Crippen LogP contribution in [0.15, 0.2) is 12.3 Å². The Kier molecular flexibility index (Phi) is 4.84. The zero-order chi connectivity index (χ0) is 12.0. The summed E-state index contributed by atoms with van der Waals surface area (Å²) in [6, 6.07) is 1.63. The van der Waals surface area contributed by atoms with Gasteiger partial charge >= 0.3 is 5.97 Å². The summed E-state index contributed by atoms with van der Waals surface area (Å²) in [5.74, 6) is 0.464. The van der Waals surface area contributed by atoms with Crippen molar-refractivity contribution in [1.82, 2.24) is 9.97 Å². The number of nitrogens with zero attached hydrogens (tertiary/aromatic N) is 2. The molecule has 0 bridgehead atoms. The first-order valence-electron chi connectivity index (χ1n) is 4.58. The highest BCUT2D eigenvalue weighted by Crippen LogP contribution is 2.02. The van der Waals surface area contributed by atoms with Crippen LogP contribution in [0.1, 0.15) is 10.6 Å². The Morgan fingerprint density at radius 1 is 1.62 bits per heavy atom. The molecule has 0 aliphatic rings. The Labute approximate surface area is 95.9 Å². The lowest BCUT2D eigenvalue weighted by Crippen LogP contribution is -2.13. The van der Waals surface area contributed by atoms with E-state index in [1.165, 1.54) is 13.3 Å². The van der Waals surface area contributed by atoms with E-state index in [1.54, 1.807) is 12.3 Å². The lowest BCUT2D eigenvalue weighted by Gasteiger charge is -2.04. The van der Waals surface area contributed by atoms with Crippen LogP contribution in [0, 0.1) is 0 Å². The zero-order valence-corrected chi connectivity index (χ0v) is 9.91. The Balaban J connectivity index is 2.60. The highest BCUT2D eigenvalue weighted by molar-refractivity contribution is 7.84. The topological polar surface area (TPSA) is 81.2 Å². The second-order valence-electron chi connectivity index (χ2n) is 2.96. The Morgan fingerprint density at radius 3 is 3.00 bits per heavy atom. The van der Waals surface area contributed by atoms with Crippen molar-refractivity contribution in [3.05, 3.63) is 18.1 Å². The van der Waals surface area contributed by atoms with E-state index in [1.807, 2.05) is 0 Å². The fraction of sp³-hybridized carbons (Fsp3) is 0.444. The lowest BCUT2D eigenvalue weighted by atomic mass is 10.5. The fourth-order valence-corrected chi connectivity index (χ4v) is 1.36. The first-order chi connectivity index (χ1) is 7.63. The van der Waals surface area contributed by atoms with Gasteiger partial charge in [0.25, 0.3) is 0 Å². The average molecular weight is 243 g/mol. The molecule has 1 aromatic heterocycles. The lowest BCUT2D eigenvalue weighted by molar-refractivity contribution is 0.0587. The van der Waals surface area contributed by atoms with Crippen molar-refractivity contribution in [3.63, 3.8) is 0 Å². The van der Waals surface area contributed by atoms with Crippen LogP contribution in [0.3, 0.4) is 0 Å². The van der Waals surface area contributed by atoms with Gasteiger partial charge in [-0.25, -0.2) is 14.8 Å². The molecule has 0 radical (unpaired) electrons. The van der Waals surface area contributed by atoms with Crippen molar-refractivity contribution in [3.8, 4) is 0 Å². The number of carbonyl (C=O) groups excluding carboxylic acids is 1. The molecule has 0 aromatic carbocycles. The number of nitrogens with one attached hydrogen (secondary N) is 1. The van der Waals surface area contributed by atoms with Gasteiger partial charge in [0.2, 0.25) is 5.82 Å². The maximum absolute atomic E-state index is 11.1. The molecule has 6 nitrogen and oxygen atoms in total. The first kappa shape index (κ1) is 12.6. The van der Waals surface area contributed by atoms with E-state index in [0.717, 1.165) is 0 Å². The predicted molar refractivity (Wildman–Crippen MR) is 60.8 cm³/mol. The van der Waals surface area contributed by atoms with Gasteiger partial charge in [0.1, 0.15) is 5.82 Å². The molecule has 7 heteroatoms. The molecular weight excluding hydrogens is 230 g/mol. The van der Waals surface area contributed by atoms with E-state index in [2.05, 4.69) is 20.0 Å². The number of ether oxygens (including phenoxy) is 1. The molecule has 0 saturated carbocycles. The zero-order valence-electron chi connectivity index (χ0n) is 9.10. The Bertz CT molecular complexity index is 397. The van der Waals surface area contributed by atoms with E-state index in [-0.39, 0.29) is 5.82 Å². The minimum Gasteiger partial charge on any atom is -0.463 e. The number of hydrogen-bond donors (Lipinski definition) is 1. The summed E-state index contributed by atoms with van der Waals surface area (Å²) in [4.78, 5) is 18.8. The normalized spacial score (nSPS) is 11.9. The minimum atomic E-state index is -0.852. The Morgan fingerprint density at radius 2 is 2.38 bits per heavy atom. The van der Waals surface area contributed by atoms with Crippen LogP contribution in [-0.2, 0) is 15.5 Å². The van der Waals surface area contributed by atoms with E-state index in [0.29, 0.717) is 18.1 Å². The summed E-state index contributed by atoms with van der Waals surface area (Å²) in [7, 11) is 0.417. The standard InChI is InChI=1S/C9H13N3O3S/c1-15-9(13)8-11-4-3-7(12-8)10-5-6-16(2)14/h3-4H,5-6H2,1-2H3,(H,10,11,12). The number of hydrogen-bond acceptors (Lipinski definition) is 6. The monoisotopic (exact) mass is 243 g/mol. The predicted octanol–water partition coefficient (Wildman–Crippen LogP) is 0.0536. The van der Waals surface area contributed by atoms with Gasteiger partial charge in [-0.05, 0) is 6.07 Å². The van der Waals surface area contributed by atoms with Gasteiger partial charge in [0.05, 0.1) is 7.11 Å². The molecule has 0 aliphatic carbocycles. The third-order valence-corrected chi connectivity index (χ3v) is 2.50. The summed E-state index contributed by atoms with van der Waals surface area (Å²) in [5, 5.41) is 2.94. The summed E-state index contributed by atoms with van der Waals surface area (Å²) < 4.78 is 15.3. The summed E-state index contributed by atoms with van der Waals surface area (Å²) in [6.45, 7) is 0.529. The average Bonchev–Trinajstić information content (AvgIpc) is 2.28. The molecule has 88 valence electrons. The number of rotatable bonds is 5. The summed E-state index contributed by atoms with van der Waals surface area (Å²) in [6.07, 6.45) is 3.09. The van der Waals surface area contributed by atoms with E-state index < -0.39 is 16.8 Å². The first-order valence-corrected chi connectivity index (χ1v) is 6.31. The molecule has 0 spiro atoms. The van der Waals surface area contributed by atoms with E-state index >= 15 is 0 Å². The van der Waals surface area contributed by atoms with Crippen molar-refractivity contribution in [2.24, 2.45) is 0 Å². The van der Waals surface area contributed by atoms with Gasteiger partial charge in [-0.15, -0.1) is 0 Å². The third kappa shape index (κ3) is 3.93. The van der Waals surface area contributed by atoms with Crippen LogP contribution in [0.4, 0.5) is 5.82 Å². The van der Waals surface area contributed by atoms with Crippen LogP contribution in [-0.4, -0.2) is 45.8 Å². The molecule has 0 fully saturated rings. The maximum Gasteiger partial charge on any atom is 0.376 e. The summed E-state index contributed by atoms with van der Waals surface area (Å²) >= 11 is 0. The smallest absolute Gasteiger partial charge is 0.376 e. The molecule has 1 aromatic rings. The SMILES string of the molecule is COC(=O)c1nccc(NCCS(C)=O)n1. The number of carbonyl (C=O) groups is 1. The van der Waals surface area contributed by atoms with Gasteiger partial charge in [-0.2, -0.15) is 0 Å². The van der Waals surface area contributed by atoms with Crippen LogP contribution in [0.5, 0.6) is 0 Å². The number of esters is 1. The largest absolute Gasteiger partial charge is 0.463 e. The van der Waals surface area contributed by atoms with Crippen molar-refractivity contribution >= 4 is 22.6 Å². The molecule has 0 aliphatic heterocycles. The molecular formula is C9H13N3O3S. The quantitative estimate of drug-likeness (QED) is 0.736. The Hall–Kier alpha value is -1.50. The molecule has 0 amide bonds. The molecule has 1 heterocycles. The number of methoxy groups -OCH3 is 1. The molecule has 16 heavy (non-hydrogen) atoms. The van der Waals surface area contributed by atoms with Gasteiger partial charge in [-0.3, -0.25) is 4.21 Å². The molecule has 1 N–H and O–H groups in total. The second kappa shape index (κ2) is 6.16. The third-order valence-electron chi connectivity index (χ3n) is 1.72. The highest BCUT2D eigenvalue weighted by atomic mass is 32.2. The van der Waals surface area contributed by atoms with E-state index in [4.69, 9.17) is 0 Å². The maximum atomic E-state index is 11.1.